The van der Waals surface area contributed by atoms with Gasteiger partial charge >= 0.3 is 0 Å². The molecule has 4 aromatic rings. The number of halogens is 1. The lowest BCUT2D eigenvalue weighted by Gasteiger charge is -2.33. The molecule has 3 heterocycles. The number of carbonyl (C=O) groups excluding carboxylic acids is 2. The number of Topliss-reactive ketones (excluding diaryl/α,β-unsaturated/α-hetero) is 1. The van der Waals surface area contributed by atoms with Crippen molar-refractivity contribution in [2.45, 2.75) is 31.8 Å². The fourth-order valence-corrected chi connectivity index (χ4v) is 5.52. The molecular weight excluding hydrogens is 469 g/mol. The molecule has 1 unspecified atom stereocenters. The first kappa shape index (κ1) is 23.0. The lowest BCUT2D eigenvalue weighted by atomic mass is 9.95. The Morgan fingerprint density at radius 2 is 1.68 bits per heavy atom. The first-order valence-electron chi connectivity index (χ1n) is 12.3. The molecule has 7 heteroatoms. The van der Waals surface area contributed by atoms with Gasteiger partial charge in [-0.15, -0.1) is 0 Å². The molecule has 0 N–H and O–H groups in total. The standard InChI is InChI=1S/C30H24FN3O3/c31-26-8-4-3-6-22(26)24-15-20-18-33(29(36)25-16-28(35)23-7-2-1-5-21(23)25)14-11-27(20)34(30(24)37)17-19-9-12-32-13-10-19/h1-10,12-13,15,25H,11,14,16-18H2. The van der Waals surface area contributed by atoms with Crippen LogP contribution in [0.25, 0.3) is 11.1 Å². The molecule has 2 aliphatic rings. The second-order valence-electron chi connectivity index (χ2n) is 9.53. The molecule has 0 saturated carbocycles. The molecule has 0 radical (unpaired) electrons. The van der Waals surface area contributed by atoms with Gasteiger partial charge in [0.15, 0.2) is 5.78 Å². The Kier molecular flexibility index (Phi) is 5.75. The van der Waals surface area contributed by atoms with Gasteiger partial charge in [-0.25, -0.2) is 4.39 Å². The molecule has 2 aromatic carbocycles. The van der Waals surface area contributed by atoms with Gasteiger partial charge in [-0.3, -0.25) is 19.4 Å². The van der Waals surface area contributed by atoms with E-state index in [1.807, 2.05) is 30.3 Å². The molecule has 1 aliphatic heterocycles. The number of rotatable bonds is 4. The van der Waals surface area contributed by atoms with Crippen LogP contribution in [0.5, 0.6) is 0 Å². The second-order valence-corrected chi connectivity index (χ2v) is 9.53. The van der Waals surface area contributed by atoms with Crippen LogP contribution in [0.3, 0.4) is 0 Å². The van der Waals surface area contributed by atoms with E-state index in [2.05, 4.69) is 4.98 Å². The maximum Gasteiger partial charge on any atom is 0.259 e. The summed E-state index contributed by atoms with van der Waals surface area (Å²) < 4.78 is 16.5. The van der Waals surface area contributed by atoms with Crippen LogP contribution in [0.15, 0.2) is 83.9 Å². The van der Waals surface area contributed by atoms with Gasteiger partial charge in [-0.1, -0.05) is 42.5 Å². The molecule has 0 spiro atoms. The van der Waals surface area contributed by atoms with E-state index >= 15 is 0 Å². The van der Waals surface area contributed by atoms with Crippen molar-refractivity contribution in [3.05, 3.63) is 123 Å². The maximum atomic E-state index is 14.8. The first-order valence-corrected chi connectivity index (χ1v) is 12.3. The lowest BCUT2D eigenvalue weighted by Crippen LogP contribution is -2.41. The Hall–Kier alpha value is -4.39. The highest BCUT2D eigenvalue weighted by molar-refractivity contribution is 6.06. The lowest BCUT2D eigenvalue weighted by molar-refractivity contribution is -0.133. The van der Waals surface area contributed by atoms with Crippen molar-refractivity contribution >= 4 is 11.7 Å². The van der Waals surface area contributed by atoms with Crippen LogP contribution in [-0.2, 0) is 24.3 Å². The molecule has 6 nitrogen and oxygen atoms in total. The highest BCUT2D eigenvalue weighted by Crippen LogP contribution is 2.36. The van der Waals surface area contributed by atoms with Crippen LogP contribution >= 0.6 is 0 Å². The molecule has 2 aromatic heterocycles. The Morgan fingerprint density at radius 3 is 2.46 bits per heavy atom. The average molecular weight is 494 g/mol. The van der Waals surface area contributed by atoms with E-state index in [1.165, 1.54) is 6.07 Å². The van der Waals surface area contributed by atoms with Gasteiger partial charge in [0, 0.05) is 55.1 Å². The number of hydrogen-bond acceptors (Lipinski definition) is 4. The summed E-state index contributed by atoms with van der Waals surface area (Å²) in [5, 5.41) is 0. The van der Waals surface area contributed by atoms with E-state index in [0.717, 1.165) is 22.4 Å². The van der Waals surface area contributed by atoms with Crippen molar-refractivity contribution < 1.29 is 14.0 Å². The van der Waals surface area contributed by atoms with Gasteiger partial charge in [0.1, 0.15) is 5.82 Å². The summed E-state index contributed by atoms with van der Waals surface area (Å²) in [6, 6.07) is 18.9. The first-order chi connectivity index (χ1) is 18.0. The van der Waals surface area contributed by atoms with Crippen LogP contribution in [-0.4, -0.2) is 32.7 Å². The minimum absolute atomic E-state index is 0.0145. The number of pyridine rings is 2. The summed E-state index contributed by atoms with van der Waals surface area (Å²) in [6.07, 6.45) is 4.01. The van der Waals surface area contributed by atoms with Gasteiger partial charge in [0.25, 0.3) is 5.56 Å². The summed E-state index contributed by atoms with van der Waals surface area (Å²) in [6.45, 7) is 1.05. The number of benzene rings is 2. The molecular formula is C30H24FN3O3. The number of hydrogen-bond donors (Lipinski definition) is 0. The van der Waals surface area contributed by atoms with Crippen LogP contribution in [0.2, 0.25) is 0 Å². The predicted molar refractivity (Wildman–Crippen MR) is 137 cm³/mol. The fourth-order valence-electron chi connectivity index (χ4n) is 5.52. The topological polar surface area (TPSA) is 72.3 Å². The highest BCUT2D eigenvalue weighted by Gasteiger charge is 2.37. The van der Waals surface area contributed by atoms with Crippen LogP contribution in [0.4, 0.5) is 4.39 Å². The van der Waals surface area contributed by atoms with Gasteiger partial charge in [-0.05, 0) is 41.0 Å². The minimum atomic E-state index is -0.501. The number of amides is 1. The number of fused-ring (bicyclic) bond motifs is 2. The number of carbonyl (C=O) groups is 2. The highest BCUT2D eigenvalue weighted by atomic mass is 19.1. The van der Waals surface area contributed by atoms with Crippen molar-refractivity contribution in [2.75, 3.05) is 6.54 Å². The van der Waals surface area contributed by atoms with E-state index in [9.17, 15) is 18.8 Å². The molecule has 184 valence electrons. The van der Waals surface area contributed by atoms with E-state index < -0.39 is 11.7 Å². The summed E-state index contributed by atoms with van der Waals surface area (Å²) in [5.74, 6) is -1.08. The summed E-state index contributed by atoms with van der Waals surface area (Å²) in [4.78, 5) is 45.6. The second kappa shape index (κ2) is 9.24. The zero-order valence-electron chi connectivity index (χ0n) is 20.1. The van der Waals surface area contributed by atoms with Gasteiger partial charge in [0.05, 0.1) is 18.0 Å². The van der Waals surface area contributed by atoms with Crippen molar-refractivity contribution in [3.63, 3.8) is 0 Å². The molecule has 1 amide bonds. The van der Waals surface area contributed by atoms with Crippen molar-refractivity contribution in [2.24, 2.45) is 0 Å². The maximum absolute atomic E-state index is 14.8. The minimum Gasteiger partial charge on any atom is -0.337 e. The zero-order chi connectivity index (χ0) is 25.5. The number of aromatic nitrogens is 2. The Morgan fingerprint density at radius 1 is 0.946 bits per heavy atom. The Labute approximate surface area is 213 Å². The molecule has 1 atom stereocenters. The number of nitrogens with zero attached hydrogens (tertiary/aromatic N) is 3. The van der Waals surface area contributed by atoms with Crippen LogP contribution in [0.1, 0.15) is 45.1 Å². The van der Waals surface area contributed by atoms with E-state index in [-0.39, 0.29) is 34.8 Å². The summed E-state index contributed by atoms with van der Waals surface area (Å²) >= 11 is 0. The van der Waals surface area contributed by atoms with Crippen molar-refractivity contribution in [3.8, 4) is 11.1 Å². The largest absolute Gasteiger partial charge is 0.337 e. The predicted octanol–water partition coefficient (Wildman–Crippen LogP) is 4.35. The fraction of sp³-hybridized carbons (Fsp3) is 0.200. The smallest absolute Gasteiger partial charge is 0.259 e. The molecule has 0 fully saturated rings. The summed E-state index contributed by atoms with van der Waals surface area (Å²) in [5.41, 5.74) is 4.18. The normalized spacial score (nSPS) is 16.4. The molecule has 0 bridgehead atoms. The monoisotopic (exact) mass is 493 g/mol. The van der Waals surface area contributed by atoms with Gasteiger partial charge in [-0.2, -0.15) is 0 Å². The third kappa shape index (κ3) is 4.06. The SMILES string of the molecule is O=C1CC(C(=O)N2CCc3c(cc(-c4ccccc4F)c(=O)n3Cc3ccncc3)C2)c2ccccc21. The van der Waals surface area contributed by atoms with Gasteiger partial charge in [0.2, 0.25) is 5.91 Å². The van der Waals surface area contributed by atoms with E-state index in [1.54, 1.807) is 52.2 Å². The van der Waals surface area contributed by atoms with Crippen molar-refractivity contribution in [1.82, 2.24) is 14.5 Å². The quantitative estimate of drug-likeness (QED) is 0.424. The summed E-state index contributed by atoms with van der Waals surface area (Å²) in [7, 11) is 0. The van der Waals surface area contributed by atoms with Crippen LogP contribution in [0, 0.1) is 5.82 Å². The van der Waals surface area contributed by atoms with Crippen LogP contribution < -0.4 is 5.56 Å². The van der Waals surface area contributed by atoms with E-state index in [0.29, 0.717) is 31.6 Å². The molecule has 1 aliphatic carbocycles. The molecule has 6 rings (SSSR count). The van der Waals surface area contributed by atoms with E-state index in [4.69, 9.17) is 0 Å². The zero-order valence-corrected chi connectivity index (χ0v) is 20.1. The van der Waals surface area contributed by atoms with Gasteiger partial charge < -0.3 is 9.47 Å². The third-order valence-corrected chi connectivity index (χ3v) is 7.36. The third-order valence-electron chi connectivity index (χ3n) is 7.36. The Bertz CT molecular complexity index is 1600. The molecule has 37 heavy (non-hydrogen) atoms. The Balaban J connectivity index is 1.40. The molecule has 0 saturated heterocycles. The number of ketones is 1. The average Bonchev–Trinajstić information content (AvgIpc) is 3.27. The van der Waals surface area contributed by atoms with Crippen molar-refractivity contribution in [1.29, 1.82) is 0 Å².